The van der Waals surface area contributed by atoms with Crippen molar-refractivity contribution in [1.82, 2.24) is 0 Å². The average molecular weight is 366 g/mol. The molecule has 6 nitrogen and oxygen atoms in total. The summed E-state index contributed by atoms with van der Waals surface area (Å²) in [5, 5.41) is 10.8. The molecular formula is C21H18O6. The number of ether oxygens (including phenoxy) is 2. The molecular weight excluding hydrogens is 348 g/mol. The molecule has 0 bridgehead atoms. The highest BCUT2D eigenvalue weighted by atomic mass is 16.5. The first kappa shape index (κ1) is 18.3. The number of phenols is 1. The number of phenolic OH excluding ortho intramolecular Hbond substituents is 1. The fourth-order valence-electron chi connectivity index (χ4n) is 2.84. The molecule has 0 spiro atoms. The zero-order valence-corrected chi connectivity index (χ0v) is 15.1. The number of fused-ring (bicyclic) bond motifs is 1. The molecule has 0 atom stereocenters. The molecule has 1 aromatic heterocycles. The van der Waals surface area contributed by atoms with E-state index in [0.29, 0.717) is 22.4 Å². The summed E-state index contributed by atoms with van der Waals surface area (Å²) in [6.07, 6.45) is 2.97. The van der Waals surface area contributed by atoms with Crippen molar-refractivity contribution in [3.05, 3.63) is 69.6 Å². The standard InChI is InChI=1S/C21H18O6/c1-12-10-19(23)27-17-9-6-14(21(24)20(12)17)15(22)7-4-13-5-8-16(25-2)18(11-13)26-3/h4-11,24H,1-3H3/b7-4+. The molecule has 3 rings (SSSR count). The molecule has 2 aromatic carbocycles. The van der Waals surface area contributed by atoms with Gasteiger partial charge in [0.05, 0.1) is 25.2 Å². The number of allylic oxidation sites excluding steroid dienone is 1. The number of aromatic hydroxyl groups is 1. The lowest BCUT2D eigenvalue weighted by Crippen LogP contribution is -2.01. The van der Waals surface area contributed by atoms with E-state index >= 15 is 0 Å². The Hall–Kier alpha value is -3.54. The highest BCUT2D eigenvalue weighted by Gasteiger charge is 2.15. The molecule has 3 aromatic rings. The van der Waals surface area contributed by atoms with Crippen LogP contribution in [-0.2, 0) is 0 Å². The van der Waals surface area contributed by atoms with Gasteiger partial charge in [0.15, 0.2) is 17.3 Å². The van der Waals surface area contributed by atoms with Gasteiger partial charge in [-0.2, -0.15) is 0 Å². The van der Waals surface area contributed by atoms with Gasteiger partial charge in [0.25, 0.3) is 0 Å². The van der Waals surface area contributed by atoms with E-state index in [-0.39, 0.29) is 22.7 Å². The Morgan fingerprint density at radius 3 is 2.52 bits per heavy atom. The summed E-state index contributed by atoms with van der Waals surface area (Å²) in [7, 11) is 3.08. The van der Waals surface area contributed by atoms with Gasteiger partial charge in [0, 0.05) is 6.07 Å². The lowest BCUT2D eigenvalue weighted by Gasteiger charge is -2.08. The Morgan fingerprint density at radius 2 is 1.81 bits per heavy atom. The second kappa shape index (κ2) is 7.37. The van der Waals surface area contributed by atoms with E-state index in [2.05, 4.69) is 0 Å². The smallest absolute Gasteiger partial charge is 0.336 e. The summed E-state index contributed by atoms with van der Waals surface area (Å²) >= 11 is 0. The van der Waals surface area contributed by atoms with E-state index in [4.69, 9.17) is 13.9 Å². The second-order valence-corrected chi connectivity index (χ2v) is 5.90. The van der Waals surface area contributed by atoms with Crippen LogP contribution in [0.4, 0.5) is 0 Å². The fourth-order valence-corrected chi connectivity index (χ4v) is 2.84. The molecule has 1 heterocycles. The van der Waals surface area contributed by atoms with Gasteiger partial charge in [-0.05, 0) is 48.4 Å². The number of benzene rings is 2. The van der Waals surface area contributed by atoms with Gasteiger partial charge in [-0.1, -0.05) is 12.1 Å². The van der Waals surface area contributed by atoms with E-state index in [1.54, 1.807) is 38.3 Å². The second-order valence-electron chi connectivity index (χ2n) is 5.90. The van der Waals surface area contributed by atoms with Gasteiger partial charge in [0.2, 0.25) is 0 Å². The van der Waals surface area contributed by atoms with Gasteiger partial charge >= 0.3 is 5.63 Å². The van der Waals surface area contributed by atoms with Crippen LogP contribution in [0.25, 0.3) is 17.0 Å². The topological polar surface area (TPSA) is 86.0 Å². The van der Waals surface area contributed by atoms with Crippen molar-refractivity contribution < 1.29 is 23.8 Å². The van der Waals surface area contributed by atoms with Crippen LogP contribution in [0.3, 0.4) is 0 Å². The van der Waals surface area contributed by atoms with E-state index < -0.39 is 5.63 Å². The van der Waals surface area contributed by atoms with Gasteiger partial charge in [0.1, 0.15) is 11.3 Å². The molecule has 0 amide bonds. The highest BCUT2D eigenvalue weighted by molar-refractivity contribution is 6.11. The largest absolute Gasteiger partial charge is 0.506 e. The van der Waals surface area contributed by atoms with Crippen molar-refractivity contribution in [3.63, 3.8) is 0 Å². The van der Waals surface area contributed by atoms with E-state index in [1.807, 2.05) is 0 Å². The maximum absolute atomic E-state index is 12.5. The van der Waals surface area contributed by atoms with E-state index in [9.17, 15) is 14.7 Å². The third-order valence-electron chi connectivity index (χ3n) is 4.18. The predicted molar refractivity (Wildman–Crippen MR) is 102 cm³/mol. The van der Waals surface area contributed by atoms with Gasteiger partial charge in [-0.3, -0.25) is 4.79 Å². The van der Waals surface area contributed by atoms with Crippen molar-refractivity contribution >= 4 is 22.8 Å². The fraction of sp³-hybridized carbons (Fsp3) is 0.143. The van der Waals surface area contributed by atoms with Crippen LogP contribution in [0, 0.1) is 6.92 Å². The third kappa shape index (κ3) is 3.55. The minimum absolute atomic E-state index is 0.121. The SMILES string of the molecule is COc1ccc(/C=C/C(=O)c2ccc3oc(=O)cc(C)c3c2O)cc1OC. The number of carbonyl (C=O) groups is 1. The maximum Gasteiger partial charge on any atom is 0.336 e. The van der Waals surface area contributed by atoms with Crippen molar-refractivity contribution in [1.29, 1.82) is 0 Å². The predicted octanol–water partition coefficient (Wildman–Crippen LogP) is 3.72. The van der Waals surface area contributed by atoms with Gasteiger partial charge < -0.3 is 19.0 Å². The number of hydrogen-bond acceptors (Lipinski definition) is 6. The van der Waals surface area contributed by atoms with Crippen LogP contribution in [0.1, 0.15) is 21.5 Å². The van der Waals surface area contributed by atoms with Gasteiger partial charge in [-0.25, -0.2) is 4.79 Å². The first-order valence-corrected chi connectivity index (χ1v) is 8.15. The number of methoxy groups -OCH3 is 2. The molecule has 0 saturated carbocycles. The van der Waals surface area contributed by atoms with Crippen LogP contribution in [0.15, 0.2) is 51.7 Å². The molecule has 0 radical (unpaired) electrons. The zero-order chi connectivity index (χ0) is 19.6. The van der Waals surface area contributed by atoms with E-state index in [0.717, 1.165) is 5.56 Å². The minimum Gasteiger partial charge on any atom is -0.506 e. The first-order chi connectivity index (χ1) is 12.9. The Bertz CT molecular complexity index is 1110. The van der Waals surface area contributed by atoms with Crippen LogP contribution in [0.2, 0.25) is 0 Å². The molecule has 1 N–H and O–H groups in total. The van der Waals surface area contributed by atoms with Crippen molar-refractivity contribution in [2.45, 2.75) is 6.92 Å². The van der Waals surface area contributed by atoms with Crippen LogP contribution in [-0.4, -0.2) is 25.1 Å². The Labute approximate surface area is 155 Å². The number of aryl methyl sites for hydroxylation is 1. The number of hydrogen-bond donors (Lipinski definition) is 1. The van der Waals surface area contributed by atoms with Crippen molar-refractivity contribution in [2.75, 3.05) is 14.2 Å². The molecule has 0 aliphatic heterocycles. The molecule has 27 heavy (non-hydrogen) atoms. The normalized spacial score (nSPS) is 11.1. The van der Waals surface area contributed by atoms with Gasteiger partial charge in [-0.15, -0.1) is 0 Å². The summed E-state index contributed by atoms with van der Waals surface area (Å²) in [4.78, 5) is 24.0. The molecule has 0 aliphatic rings. The van der Waals surface area contributed by atoms with Crippen LogP contribution in [0.5, 0.6) is 17.2 Å². The van der Waals surface area contributed by atoms with E-state index in [1.165, 1.54) is 31.4 Å². The molecule has 6 heteroatoms. The quantitative estimate of drug-likeness (QED) is 0.421. The van der Waals surface area contributed by atoms with Crippen LogP contribution < -0.4 is 15.1 Å². The average Bonchev–Trinajstić information content (AvgIpc) is 2.65. The van der Waals surface area contributed by atoms with Crippen LogP contribution >= 0.6 is 0 Å². The zero-order valence-electron chi connectivity index (χ0n) is 15.1. The number of carbonyl (C=O) groups excluding carboxylic acids is 1. The summed E-state index contributed by atoms with van der Waals surface area (Å²) < 4.78 is 15.5. The molecule has 138 valence electrons. The monoisotopic (exact) mass is 366 g/mol. The highest BCUT2D eigenvalue weighted by Crippen LogP contribution is 2.31. The number of rotatable bonds is 5. The maximum atomic E-state index is 12.5. The number of ketones is 1. The molecule has 0 unspecified atom stereocenters. The molecule has 0 saturated heterocycles. The summed E-state index contributed by atoms with van der Waals surface area (Å²) in [6, 6.07) is 9.46. The van der Waals surface area contributed by atoms with Crippen molar-refractivity contribution in [3.8, 4) is 17.2 Å². The Balaban J connectivity index is 1.96. The lowest BCUT2D eigenvalue weighted by molar-refractivity contribution is 0.104. The summed E-state index contributed by atoms with van der Waals surface area (Å²) in [5.74, 6) is 0.543. The third-order valence-corrected chi connectivity index (χ3v) is 4.18. The molecule has 0 fully saturated rings. The Morgan fingerprint density at radius 1 is 1.07 bits per heavy atom. The Kier molecular flexibility index (Phi) is 4.98. The van der Waals surface area contributed by atoms with Crippen molar-refractivity contribution in [2.24, 2.45) is 0 Å². The first-order valence-electron chi connectivity index (χ1n) is 8.15. The molecule has 0 aliphatic carbocycles. The summed E-state index contributed by atoms with van der Waals surface area (Å²) in [5.41, 5.74) is 1.13. The lowest BCUT2D eigenvalue weighted by atomic mass is 10.0. The summed E-state index contributed by atoms with van der Waals surface area (Å²) in [6.45, 7) is 1.67. The minimum atomic E-state index is -0.508.